The number of hydrogen-bond donors (Lipinski definition) is 1. The van der Waals surface area contributed by atoms with Crippen LogP contribution in [0.2, 0.25) is 5.02 Å². The Morgan fingerprint density at radius 2 is 2.18 bits per heavy atom. The summed E-state index contributed by atoms with van der Waals surface area (Å²) in [6.45, 7) is 0. The van der Waals surface area contributed by atoms with Gasteiger partial charge in [-0.1, -0.05) is 23.4 Å². The van der Waals surface area contributed by atoms with Gasteiger partial charge in [0.1, 0.15) is 6.42 Å². The Morgan fingerprint density at radius 1 is 1.47 bits per heavy atom. The molecule has 4 nitrogen and oxygen atoms in total. The van der Waals surface area contributed by atoms with Crippen molar-refractivity contribution in [2.75, 3.05) is 7.11 Å². The lowest BCUT2D eigenvalue weighted by atomic mass is 10.1. The first-order valence-corrected chi connectivity index (χ1v) is 5.01. The maximum atomic E-state index is 10.8. The van der Waals surface area contributed by atoms with Crippen LogP contribution in [0.3, 0.4) is 0 Å². The summed E-state index contributed by atoms with van der Waals surface area (Å²) in [5.41, 5.74) is 0.465. The van der Waals surface area contributed by atoms with E-state index in [2.05, 4.69) is 16.6 Å². The van der Waals surface area contributed by atoms with Gasteiger partial charge in [0.15, 0.2) is 0 Å². The van der Waals surface area contributed by atoms with Gasteiger partial charge in [0.2, 0.25) is 0 Å². The molecule has 0 fully saturated rings. The monoisotopic (exact) mass is 252 g/mol. The second-order valence-corrected chi connectivity index (χ2v) is 3.46. The van der Waals surface area contributed by atoms with Crippen LogP contribution < -0.4 is 0 Å². The van der Waals surface area contributed by atoms with Gasteiger partial charge in [-0.25, -0.2) is 4.79 Å². The Hall–Kier alpha value is -1.99. The van der Waals surface area contributed by atoms with Gasteiger partial charge in [-0.2, -0.15) is 0 Å². The fourth-order valence-corrected chi connectivity index (χ4v) is 1.20. The molecule has 0 spiro atoms. The number of carboxylic acid groups (broad SMARTS) is 1. The van der Waals surface area contributed by atoms with Crippen molar-refractivity contribution in [3.8, 4) is 11.8 Å². The summed E-state index contributed by atoms with van der Waals surface area (Å²) in [6, 6.07) is 4.19. The highest BCUT2D eigenvalue weighted by Crippen LogP contribution is 2.16. The Labute approximate surface area is 103 Å². The number of aromatic carboxylic acids is 1. The van der Waals surface area contributed by atoms with Crippen molar-refractivity contribution in [2.24, 2.45) is 0 Å². The fourth-order valence-electron chi connectivity index (χ4n) is 1.04. The molecular weight excluding hydrogens is 244 g/mol. The van der Waals surface area contributed by atoms with Crippen LogP contribution in [0.4, 0.5) is 0 Å². The van der Waals surface area contributed by atoms with Crippen molar-refractivity contribution in [2.45, 2.75) is 6.42 Å². The molecule has 17 heavy (non-hydrogen) atoms. The maximum absolute atomic E-state index is 10.8. The zero-order chi connectivity index (χ0) is 12.8. The van der Waals surface area contributed by atoms with Gasteiger partial charge in [-0.15, -0.1) is 0 Å². The fraction of sp³-hybridized carbons (Fsp3) is 0.167. The average Bonchev–Trinajstić information content (AvgIpc) is 2.30. The molecule has 0 aliphatic carbocycles. The molecule has 88 valence electrons. The molecule has 0 bridgehead atoms. The van der Waals surface area contributed by atoms with E-state index in [1.165, 1.54) is 25.3 Å². The first kappa shape index (κ1) is 13.1. The largest absolute Gasteiger partial charge is 0.478 e. The summed E-state index contributed by atoms with van der Waals surface area (Å²) >= 11 is 5.84. The van der Waals surface area contributed by atoms with E-state index >= 15 is 0 Å². The second kappa shape index (κ2) is 5.92. The van der Waals surface area contributed by atoms with E-state index in [-0.39, 0.29) is 12.0 Å². The summed E-state index contributed by atoms with van der Waals surface area (Å²) in [5, 5.41) is 9.13. The summed E-state index contributed by atoms with van der Waals surface area (Å²) in [5.74, 6) is 3.67. The number of carboxylic acids is 1. The molecule has 0 saturated heterocycles. The van der Waals surface area contributed by atoms with E-state index in [1.54, 1.807) is 0 Å². The number of carbonyl (C=O) groups excluding carboxylic acids is 1. The lowest BCUT2D eigenvalue weighted by Gasteiger charge is -1.98. The standard InChI is InChI=1S/C12H9ClO4/c1-17-11(14)4-2-3-8-7-9(12(15)16)5-6-10(8)13/h5-7H,4H2,1H3,(H,15,16). The van der Waals surface area contributed by atoms with E-state index < -0.39 is 11.9 Å². The van der Waals surface area contributed by atoms with Crippen molar-refractivity contribution >= 4 is 23.5 Å². The number of benzene rings is 1. The van der Waals surface area contributed by atoms with Gasteiger partial charge >= 0.3 is 11.9 Å². The number of carbonyl (C=O) groups is 2. The molecule has 0 amide bonds. The third-order valence-corrected chi connectivity index (χ3v) is 2.23. The van der Waals surface area contributed by atoms with Gasteiger partial charge in [-0.3, -0.25) is 4.79 Å². The van der Waals surface area contributed by atoms with Crippen LogP contribution in [0.25, 0.3) is 0 Å². The normalized spacial score (nSPS) is 9.06. The molecule has 0 unspecified atom stereocenters. The van der Waals surface area contributed by atoms with Crippen LogP contribution in [-0.4, -0.2) is 24.2 Å². The predicted molar refractivity (Wildman–Crippen MR) is 61.9 cm³/mol. The van der Waals surface area contributed by atoms with Crippen LogP contribution in [0.15, 0.2) is 18.2 Å². The summed E-state index contributed by atoms with van der Waals surface area (Å²) in [7, 11) is 1.27. The van der Waals surface area contributed by atoms with Crippen molar-refractivity contribution in [3.05, 3.63) is 34.3 Å². The first-order chi connectivity index (χ1) is 8.04. The molecule has 0 aliphatic heterocycles. The van der Waals surface area contributed by atoms with E-state index in [1.807, 2.05) is 0 Å². The molecule has 0 aliphatic rings. The summed E-state index contributed by atoms with van der Waals surface area (Å²) in [4.78, 5) is 21.5. The topological polar surface area (TPSA) is 63.6 Å². The first-order valence-electron chi connectivity index (χ1n) is 4.63. The third kappa shape index (κ3) is 3.82. The van der Waals surface area contributed by atoms with Gasteiger partial charge in [0.05, 0.1) is 17.7 Å². The summed E-state index contributed by atoms with van der Waals surface area (Å²) < 4.78 is 4.41. The van der Waals surface area contributed by atoms with Crippen LogP contribution in [-0.2, 0) is 9.53 Å². The molecule has 1 N–H and O–H groups in total. The Kier molecular flexibility index (Phi) is 4.56. The number of hydrogen-bond acceptors (Lipinski definition) is 3. The highest BCUT2D eigenvalue weighted by atomic mass is 35.5. The SMILES string of the molecule is COC(=O)CC#Cc1cc(C(=O)O)ccc1Cl. The van der Waals surface area contributed by atoms with Crippen LogP contribution >= 0.6 is 11.6 Å². The second-order valence-electron chi connectivity index (χ2n) is 3.05. The van der Waals surface area contributed by atoms with Crippen LogP contribution in [0.5, 0.6) is 0 Å². The molecule has 0 radical (unpaired) electrons. The van der Waals surface area contributed by atoms with Crippen molar-refractivity contribution in [3.63, 3.8) is 0 Å². The third-order valence-electron chi connectivity index (χ3n) is 1.90. The molecular formula is C12H9ClO4. The zero-order valence-corrected chi connectivity index (χ0v) is 9.75. The van der Waals surface area contributed by atoms with Crippen LogP contribution in [0, 0.1) is 11.8 Å². The highest BCUT2D eigenvalue weighted by Gasteiger charge is 2.05. The molecule has 0 heterocycles. The molecule has 1 rings (SSSR count). The Balaban J connectivity index is 2.93. The van der Waals surface area contributed by atoms with Crippen molar-refractivity contribution < 1.29 is 19.4 Å². The lowest BCUT2D eigenvalue weighted by molar-refractivity contribution is -0.139. The lowest BCUT2D eigenvalue weighted by Crippen LogP contribution is -1.98. The van der Waals surface area contributed by atoms with Crippen molar-refractivity contribution in [1.82, 2.24) is 0 Å². The van der Waals surface area contributed by atoms with E-state index in [0.717, 1.165) is 0 Å². The molecule has 1 aromatic carbocycles. The number of halogens is 1. The van der Waals surface area contributed by atoms with Crippen LogP contribution in [0.1, 0.15) is 22.3 Å². The van der Waals surface area contributed by atoms with E-state index in [4.69, 9.17) is 16.7 Å². The number of esters is 1. The van der Waals surface area contributed by atoms with Gasteiger partial charge < -0.3 is 9.84 Å². The maximum Gasteiger partial charge on any atom is 0.335 e. The quantitative estimate of drug-likeness (QED) is 0.645. The molecule has 0 saturated carbocycles. The molecule has 1 aromatic rings. The smallest absolute Gasteiger partial charge is 0.335 e. The van der Waals surface area contributed by atoms with E-state index in [9.17, 15) is 9.59 Å². The predicted octanol–water partition coefficient (Wildman–Crippen LogP) is 1.95. The Bertz CT molecular complexity index is 511. The number of methoxy groups -OCH3 is 1. The van der Waals surface area contributed by atoms with Crippen molar-refractivity contribution in [1.29, 1.82) is 0 Å². The molecule has 5 heteroatoms. The number of rotatable bonds is 2. The van der Waals surface area contributed by atoms with Gasteiger partial charge in [0.25, 0.3) is 0 Å². The zero-order valence-electron chi connectivity index (χ0n) is 8.99. The minimum atomic E-state index is -1.06. The molecule has 0 atom stereocenters. The average molecular weight is 253 g/mol. The van der Waals surface area contributed by atoms with Gasteiger partial charge in [-0.05, 0) is 18.2 Å². The molecule has 0 aromatic heterocycles. The van der Waals surface area contributed by atoms with Gasteiger partial charge in [0, 0.05) is 5.56 Å². The minimum absolute atomic E-state index is 0.0653. The summed E-state index contributed by atoms with van der Waals surface area (Å²) in [6.07, 6.45) is -0.0653. The minimum Gasteiger partial charge on any atom is -0.478 e. The highest BCUT2D eigenvalue weighted by molar-refractivity contribution is 6.31. The van der Waals surface area contributed by atoms with E-state index in [0.29, 0.717) is 10.6 Å². The number of ether oxygens (including phenoxy) is 1. The Morgan fingerprint density at radius 3 is 2.76 bits per heavy atom.